The van der Waals surface area contributed by atoms with Gasteiger partial charge in [0.1, 0.15) is 0 Å². The van der Waals surface area contributed by atoms with Gasteiger partial charge in [0, 0.05) is 30.7 Å². The molecule has 100 valence electrons. The molecule has 2 aromatic rings. The molecule has 3 nitrogen and oxygen atoms in total. The van der Waals surface area contributed by atoms with Crippen LogP contribution in [0.2, 0.25) is 0 Å². The molecule has 0 aliphatic heterocycles. The van der Waals surface area contributed by atoms with E-state index < -0.39 is 0 Å². The van der Waals surface area contributed by atoms with E-state index in [0.29, 0.717) is 0 Å². The van der Waals surface area contributed by atoms with Gasteiger partial charge in [-0.15, -0.1) is 0 Å². The van der Waals surface area contributed by atoms with E-state index in [-0.39, 0.29) is 0 Å². The van der Waals surface area contributed by atoms with E-state index >= 15 is 0 Å². The molecule has 0 aliphatic rings. The number of hydrogen-bond donors (Lipinski definition) is 1. The molecule has 0 fully saturated rings. The number of anilines is 2. The van der Waals surface area contributed by atoms with E-state index in [9.17, 15) is 0 Å². The Hall–Kier alpha value is -1.87. The second kappa shape index (κ2) is 6.34. The molecule has 0 spiro atoms. The molecule has 3 heteroatoms. The number of rotatable bonds is 5. The van der Waals surface area contributed by atoms with Crippen LogP contribution in [-0.2, 0) is 6.54 Å². The highest BCUT2D eigenvalue weighted by atomic mass is 15.1. The van der Waals surface area contributed by atoms with Crippen LogP contribution in [0.25, 0.3) is 0 Å². The molecule has 0 unspecified atom stereocenters. The van der Waals surface area contributed by atoms with Crippen LogP contribution in [0.3, 0.4) is 0 Å². The fourth-order valence-corrected chi connectivity index (χ4v) is 2.22. The highest BCUT2D eigenvalue weighted by Crippen LogP contribution is 2.25. The van der Waals surface area contributed by atoms with Crippen LogP contribution in [0.1, 0.15) is 18.2 Å². The summed E-state index contributed by atoms with van der Waals surface area (Å²) in [4.78, 5) is 6.67. The van der Waals surface area contributed by atoms with Crippen LogP contribution in [0.5, 0.6) is 0 Å². The van der Waals surface area contributed by atoms with Crippen molar-refractivity contribution in [3.05, 3.63) is 53.9 Å². The predicted molar refractivity (Wildman–Crippen MR) is 80.9 cm³/mol. The summed E-state index contributed by atoms with van der Waals surface area (Å²) >= 11 is 0. The van der Waals surface area contributed by atoms with Crippen molar-refractivity contribution in [1.29, 1.82) is 0 Å². The lowest BCUT2D eigenvalue weighted by molar-refractivity contribution is 0.790. The highest BCUT2D eigenvalue weighted by molar-refractivity contribution is 5.63. The second-order valence-electron chi connectivity index (χ2n) is 4.62. The summed E-state index contributed by atoms with van der Waals surface area (Å²) in [7, 11) is 1.94. The third kappa shape index (κ3) is 3.32. The summed E-state index contributed by atoms with van der Waals surface area (Å²) in [6.45, 7) is 6.02. The smallest absolute Gasteiger partial charge is 0.0562 e. The van der Waals surface area contributed by atoms with Crippen LogP contribution >= 0.6 is 0 Å². The van der Waals surface area contributed by atoms with Crippen molar-refractivity contribution in [2.75, 3.05) is 18.5 Å². The standard InChI is InChI=1S/C16H21N3/c1-4-19(15-7-5-6-13(2)10-15)16-8-9-18-14(11-16)12-17-3/h5-11,17H,4,12H2,1-3H3. The molecule has 0 saturated carbocycles. The Morgan fingerprint density at radius 2 is 1.95 bits per heavy atom. The van der Waals surface area contributed by atoms with Gasteiger partial charge in [0.2, 0.25) is 0 Å². The van der Waals surface area contributed by atoms with Crippen molar-refractivity contribution in [3.8, 4) is 0 Å². The zero-order valence-corrected chi connectivity index (χ0v) is 11.9. The number of aryl methyl sites for hydroxylation is 1. The molecule has 1 aromatic carbocycles. The van der Waals surface area contributed by atoms with Crippen molar-refractivity contribution in [2.45, 2.75) is 20.4 Å². The first kappa shape index (κ1) is 13.6. The van der Waals surface area contributed by atoms with E-state index in [2.05, 4.69) is 65.4 Å². The van der Waals surface area contributed by atoms with Crippen LogP contribution in [0, 0.1) is 6.92 Å². The average Bonchev–Trinajstić information content (AvgIpc) is 2.41. The van der Waals surface area contributed by atoms with Crippen molar-refractivity contribution < 1.29 is 0 Å². The molecule has 0 radical (unpaired) electrons. The maximum absolute atomic E-state index is 4.37. The second-order valence-corrected chi connectivity index (χ2v) is 4.62. The van der Waals surface area contributed by atoms with Crippen LogP contribution in [-0.4, -0.2) is 18.6 Å². The van der Waals surface area contributed by atoms with Crippen molar-refractivity contribution in [3.63, 3.8) is 0 Å². The Kier molecular flexibility index (Phi) is 4.53. The Bertz CT molecular complexity index is 537. The molecule has 0 bridgehead atoms. The van der Waals surface area contributed by atoms with E-state index in [1.54, 1.807) is 0 Å². The predicted octanol–water partition coefficient (Wildman–Crippen LogP) is 3.27. The number of nitrogens with zero attached hydrogens (tertiary/aromatic N) is 2. The summed E-state index contributed by atoms with van der Waals surface area (Å²) in [6.07, 6.45) is 1.88. The van der Waals surface area contributed by atoms with Crippen molar-refractivity contribution >= 4 is 11.4 Å². The molecule has 1 N–H and O–H groups in total. The van der Waals surface area contributed by atoms with Gasteiger partial charge in [-0.1, -0.05) is 12.1 Å². The fraction of sp³-hybridized carbons (Fsp3) is 0.312. The maximum atomic E-state index is 4.37. The average molecular weight is 255 g/mol. The Labute approximate surface area is 115 Å². The minimum atomic E-state index is 0.791. The number of benzene rings is 1. The lowest BCUT2D eigenvalue weighted by atomic mass is 10.2. The first-order valence-corrected chi connectivity index (χ1v) is 6.68. The summed E-state index contributed by atoms with van der Waals surface area (Å²) < 4.78 is 0. The molecule has 0 amide bonds. The Morgan fingerprint density at radius 3 is 2.63 bits per heavy atom. The Balaban J connectivity index is 2.33. The molecular weight excluding hydrogens is 234 g/mol. The summed E-state index contributed by atoms with van der Waals surface area (Å²) in [5.74, 6) is 0. The minimum absolute atomic E-state index is 0.791. The van der Waals surface area contributed by atoms with Crippen LogP contribution in [0.4, 0.5) is 11.4 Å². The third-order valence-electron chi connectivity index (χ3n) is 3.10. The van der Waals surface area contributed by atoms with E-state index in [4.69, 9.17) is 0 Å². The lowest BCUT2D eigenvalue weighted by Crippen LogP contribution is -2.17. The Morgan fingerprint density at radius 1 is 1.16 bits per heavy atom. The van der Waals surface area contributed by atoms with Gasteiger partial charge in [-0.2, -0.15) is 0 Å². The SMILES string of the molecule is CCN(c1cccc(C)c1)c1ccnc(CNC)c1. The summed E-state index contributed by atoms with van der Waals surface area (Å²) in [5, 5.41) is 3.14. The van der Waals surface area contributed by atoms with Gasteiger partial charge in [-0.05, 0) is 50.7 Å². The molecule has 0 aliphatic carbocycles. The fourth-order valence-electron chi connectivity index (χ4n) is 2.22. The molecule has 0 saturated heterocycles. The molecule has 2 rings (SSSR count). The summed E-state index contributed by atoms with van der Waals surface area (Å²) in [5.41, 5.74) is 4.75. The number of aromatic nitrogens is 1. The van der Waals surface area contributed by atoms with Crippen LogP contribution < -0.4 is 10.2 Å². The molecule has 19 heavy (non-hydrogen) atoms. The maximum Gasteiger partial charge on any atom is 0.0562 e. The topological polar surface area (TPSA) is 28.2 Å². The third-order valence-corrected chi connectivity index (χ3v) is 3.10. The number of nitrogens with one attached hydrogen (secondary N) is 1. The monoisotopic (exact) mass is 255 g/mol. The first-order valence-electron chi connectivity index (χ1n) is 6.68. The zero-order valence-electron chi connectivity index (χ0n) is 11.9. The minimum Gasteiger partial charge on any atom is -0.342 e. The van der Waals surface area contributed by atoms with Gasteiger partial charge in [-0.3, -0.25) is 4.98 Å². The van der Waals surface area contributed by atoms with Gasteiger partial charge >= 0.3 is 0 Å². The van der Waals surface area contributed by atoms with Crippen molar-refractivity contribution in [2.24, 2.45) is 0 Å². The normalized spacial score (nSPS) is 10.5. The van der Waals surface area contributed by atoms with Gasteiger partial charge < -0.3 is 10.2 Å². The highest BCUT2D eigenvalue weighted by Gasteiger charge is 2.08. The lowest BCUT2D eigenvalue weighted by Gasteiger charge is -2.24. The number of hydrogen-bond acceptors (Lipinski definition) is 3. The largest absolute Gasteiger partial charge is 0.342 e. The molecular formula is C16H21N3. The van der Waals surface area contributed by atoms with Crippen LogP contribution in [0.15, 0.2) is 42.6 Å². The van der Waals surface area contributed by atoms with Gasteiger partial charge in [0.15, 0.2) is 0 Å². The molecule has 1 heterocycles. The van der Waals surface area contributed by atoms with Crippen molar-refractivity contribution in [1.82, 2.24) is 10.3 Å². The quantitative estimate of drug-likeness (QED) is 0.888. The van der Waals surface area contributed by atoms with E-state index in [0.717, 1.165) is 18.8 Å². The molecule has 0 atom stereocenters. The first-order chi connectivity index (χ1) is 9.24. The van der Waals surface area contributed by atoms with Gasteiger partial charge in [-0.25, -0.2) is 0 Å². The van der Waals surface area contributed by atoms with E-state index in [1.165, 1.54) is 16.9 Å². The zero-order chi connectivity index (χ0) is 13.7. The summed E-state index contributed by atoms with van der Waals surface area (Å²) in [6, 6.07) is 12.8. The number of pyridine rings is 1. The van der Waals surface area contributed by atoms with E-state index in [1.807, 2.05) is 13.2 Å². The molecule has 1 aromatic heterocycles. The van der Waals surface area contributed by atoms with Gasteiger partial charge in [0.05, 0.1) is 5.69 Å². The van der Waals surface area contributed by atoms with Gasteiger partial charge in [0.25, 0.3) is 0 Å².